The minimum Gasteiger partial charge on any atom is -0.240 e. The maximum atomic E-state index is 3.13. The maximum Gasteiger partial charge on any atom is 0.0339 e. The van der Waals surface area contributed by atoms with Crippen LogP contribution in [0.25, 0.3) is 0 Å². The summed E-state index contributed by atoms with van der Waals surface area (Å²) in [5, 5.41) is 2.19. The Morgan fingerprint density at radius 3 is 2.44 bits per heavy atom. The van der Waals surface area contributed by atoms with Crippen LogP contribution in [0.1, 0.15) is 20.8 Å². The molecule has 1 heterocycles. The number of nitrogens with zero attached hydrogens (tertiary/aromatic N) is 1. The van der Waals surface area contributed by atoms with Gasteiger partial charge in [0.25, 0.3) is 0 Å². The number of hydrazine groups is 2. The summed E-state index contributed by atoms with van der Waals surface area (Å²) in [7, 11) is 0. The Labute approximate surface area is 56.4 Å². The van der Waals surface area contributed by atoms with Crippen LogP contribution >= 0.6 is 0 Å². The molecule has 1 aliphatic heterocycles. The SMILES string of the molecule is CC1CN(C(C)C)NN1. The van der Waals surface area contributed by atoms with Gasteiger partial charge in [0, 0.05) is 18.6 Å². The highest BCUT2D eigenvalue weighted by atomic mass is 15.7. The van der Waals surface area contributed by atoms with Gasteiger partial charge in [-0.1, -0.05) is 0 Å². The molecule has 1 rings (SSSR count). The summed E-state index contributed by atoms with van der Waals surface area (Å²) in [4.78, 5) is 0. The highest BCUT2D eigenvalue weighted by molar-refractivity contribution is 4.70. The van der Waals surface area contributed by atoms with Gasteiger partial charge in [-0.15, -0.1) is 0 Å². The largest absolute Gasteiger partial charge is 0.240 e. The lowest BCUT2D eigenvalue weighted by Gasteiger charge is -2.17. The molecule has 1 fully saturated rings. The molecule has 1 unspecified atom stereocenters. The molecular formula is C6H15N3. The summed E-state index contributed by atoms with van der Waals surface area (Å²) in [6, 6.07) is 1.16. The molecule has 3 heteroatoms. The van der Waals surface area contributed by atoms with E-state index in [1.54, 1.807) is 0 Å². The summed E-state index contributed by atoms with van der Waals surface area (Å²) < 4.78 is 0. The van der Waals surface area contributed by atoms with E-state index in [4.69, 9.17) is 0 Å². The summed E-state index contributed by atoms with van der Waals surface area (Å²) >= 11 is 0. The number of nitrogens with one attached hydrogen (secondary N) is 2. The van der Waals surface area contributed by atoms with Gasteiger partial charge in [-0.05, 0) is 20.8 Å². The predicted octanol–water partition coefficient (Wildman–Crippen LogP) is 0.108. The lowest BCUT2D eigenvalue weighted by Crippen LogP contribution is -2.40. The van der Waals surface area contributed by atoms with E-state index in [1.807, 2.05) is 0 Å². The molecule has 2 N–H and O–H groups in total. The van der Waals surface area contributed by atoms with Crippen LogP contribution in [0.5, 0.6) is 0 Å². The van der Waals surface area contributed by atoms with Crippen molar-refractivity contribution in [2.75, 3.05) is 6.54 Å². The van der Waals surface area contributed by atoms with Gasteiger partial charge in [0.15, 0.2) is 0 Å². The van der Waals surface area contributed by atoms with E-state index in [-0.39, 0.29) is 0 Å². The minimum absolute atomic E-state index is 0.576. The summed E-state index contributed by atoms with van der Waals surface area (Å²) in [5.74, 6) is 0. The second-order valence-electron chi connectivity index (χ2n) is 2.90. The van der Waals surface area contributed by atoms with Crippen LogP contribution in [-0.4, -0.2) is 23.6 Å². The Kier molecular flexibility index (Phi) is 2.05. The average molecular weight is 129 g/mol. The normalized spacial score (nSPS) is 30.0. The van der Waals surface area contributed by atoms with E-state index in [9.17, 15) is 0 Å². The Hall–Kier alpha value is -0.120. The quantitative estimate of drug-likeness (QED) is 0.526. The Bertz CT molecular complexity index is 92.3. The minimum atomic E-state index is 0.576. The number of hydrogen-bond donors (Lipinski definition) is 2. The predicted molar refractivity (Wildman–Crippen MR) is 37.6 cm³/mol. The zero-order chi connectivity index (χ0) is 6.85. The van der Waals surface area contributed by atoms with E-state index < -0.39 is 0 Å². The van der Waals surface area contributed by atoms with Crippen molar-refractivity contribution < 1.29 is 0 Å². The molecule has 1 atom stereocenters. The van der Waals surface area contributed by atoms with Crippen LogP contribution in [0.3, 0.4) is 0 Å². The molecule has 54 valence electrons. The van der Waals surface area contributed by atoms with Crippen LogP contribution in [-0.2, 0) is 0 Å². The van der Waals surface area contributed by atoms with Gasteiger partial charge in [0.05, 0.1) is 0 Å². The molecule has 0 aliphatic carbocycles. The fourth-order valence-electron chi connectivity index (χ4n) is 0.919. The fourth-order valence-corrected chi connectivity index (χ4v) is 0.919. The Balaban J connectivity index is 2.30. The van der Waals surface area contributed by atoms with Gasteiger partial charge < -0.3 is 0 Å². The summed E-state index contributed by atoms with van der Waals surface area (Å²) in [6.45, 7) is 7.60. The van der Waals surface area contributed by atoms with E-state index in [0.29, 0.717) is 12.1 Å². The van der Waals surface area contributed by atoms with Crippen molar-refractivity contribution in [1.29, 1.82) is 0 Å². The van der Waals surface area contributed by atoms with E-state index in [0.717, 1.165) is 6.54 Å². The zero-order valence-electron chi connectivity index (χ0n) is 6.31. The first-order valence-electron chi connectivity index (χ1n) is 3.48. The molecule has 0 spiro atoms. The molecule has 9 heavy (non-hydrogen) atoms. The topological polar surface area (TPSA) is 27.3 Å². The molecule has 0 radical (unpaired) electrons. The average Bonchev–Trinajstić information content (AvgIpc) is 2.14. The van der Waals surface area contributed by atoms with Crippen molar-refractivity contribution in [1.82, 2.24) is 16.0 Å². The van der Waals surface area contributed by atoms with Gasteiger partial charge in [0.1, 0.15) is 0 Å². The van der Waals surface area contributed by atoms with Crippen molar-refractivity contribution in [3.05, 3.63) is 0 Å². The van der Waals surface area contributed by atoms with Gasteiger partial charge in [0.2, 0.25) is 0 Å². The summed E-state index contributed by atoms with van der Waals surface area (Å²) in [6.07, 6.45) is 0. The number of hydrogen-bond acceptors (Lipinski definition) is 3. The number of rotatable bonds is 1. The fraction of sp³-hybridized carbons (Fsp3) is 1.00. The van der Waals surface area contributed by atoms with Crippen molar-refractivity contribution in [3.63, 3.8) is 0 Å². The molecular weight excluding hydrogens is 114 g/mol. The molecule has 0 bridgehead atoms. The standard InChI is InChI=1S/C6H15N3/c1-5(2)9-4-6(3)7-8-9/h5-8H,4H2,1-3H3. The Morgan fingerprint density at radius 2 is 2.22 bits per heavy atom. The molecule has 3 nitrogen and oxygen atoms in total. The lowest BCUT2D eigenvalue weighted by atomic mass is 10.3. The molecule has 0 aromatic heterocycles. The van der Waals surface area contributed by atoms with Crippen molar-refractivity contribution in [3.8, 4) is 0 Å². The van der Waals surface area contributed by atoms with Crippen molar-refractivity contribution >= 4 is 0 Å². The van der Waals surface area contributed by atoms with Crippen molar-refractivity contribution in [2.24, 2.45) is 0 Å². The monoisotopic (exact) mass is 129 g/mol. The first kappa shape index (κ1) is 6.99. The van der Waals surface area contributed by atoms with E-state index in [1.165, 1.54) is 0 Å². The molecule has 0 aromatic carbocycles. The highest BCUT2D eigenvalue weighted by Crippen LogP contribution is 1.99. The van der Waals surface area contributed by atoms with Crippen molar-refractivity contribution in [2.45, 2.75) is 32.9 Å². The van der Waals surface area contributed by atoms with Gasteiger partial charge in [-0.2, -0.15) is 5.53 Å². The van der Waals surface area contributed by atoms with Gasteiger partial charge >= 0.3 is 0 Å². The smallest absolute Gasteiger partial charge is 0.0339 e. The second-order valence-corrected chi connectivity index (χ2v) is 2.90. The summed E-state index contributed by atoms with van der Waals surface area (Å²) in [5.41, 5.74) is 6.22. The molecule has 0 amide bonds. The Morgan fingerprint density at radius 1 is 1.56 bits per heavy atom. The third-order valence-electron chi connectivity index (χ3n) is 1.55. The van der Waals surface area contributed by atoms with Gasteiger partial charge in [-0.25, -0.2) is 10.4 Å². The van der Waals surface area contributed by atoms with Crippen LogP contribution in [0.2, 0.25) is 0 Å². The van der Waals surface area contributed by atoms with Crippen LogP contribution in [0.4, 0.5) is 0 Å². The molecule has 0 saturated carbocycles. The highest BCUT2D eigenvalue weighted by Gasteiger charge is 2.18. The molecule has 1 saturated heterocycles. The second kappa shape index (κ2) is 2.64. The van der Waals surface area contributed by atoms with Crippen LogP contribution in [0.15, 0.2) is 0 Å². The molecule has 0 aromatic rings. The molecule has 1 aliphatic rings. The van der Waals surface area contributed by atoms with Crippen LogP contribution < -0.4 is 11.0 Å². The van der Waals surface area contributed by atoms with E-state index >= 15 is 0 Å². The first-order valence-corrected chi connectivity index (χ1v) is 3.48. The first-order chi connectivity index (χ1) is 4.20. The van der Waals surface area contributed by atoms with Crippen LogP contribution in [0, 0.1) is 0 Å². The van der Waals surface area contributed by atoms with E-state index in [2.05, 4.69) is 36.7 Å². The zero-order valence-corrected chi connectivity index (χ0v) is 6.31. The third kappa shape index (κ3) is 1.64. The lowest BCUT2D eigenvalue weighted by molar-refractivity contribution is 0.184. The van der Waals surface area contributed by atoms with Gasteiger partial charge in [-0.3, -0.25) is 0 Å². The third-order valence-corrected chi connectivity index (χ3v) is 1.55. The maximum absolute atomic E-state index is 3.13.